The summed E-state index contributed by atoms with van der Waals surface area (Å²) in [6.45, 7) is 4.92. The summed E-state index contributed by atoms with van der Waals surface area (Å²) >= 11 is 0. The molecule has 3 nitrogen and oxygen atoms in total. The number of methoxy groups -OCH3 is 1. The predicted molar refractivity (Wildman–Crippen MR) is 90.9 cm³/mol. The molecule has 0 fully saturated rings. The molecule has 0 spiro atoms. The zero-order valence-electron chi connectivity index (χ0n) is 14.4. The zero-order valence-corrected chi connectivity index (χ0v) is 14.4. The third-order valence-electron chi connectivity index (χ3n) is 4.81. The van der Waals surface area contributed by atoms with E-state index in [-0.39, 0.29) is 5.92 Å². The molecule has 0 saturated carbocycles. The van der Waals surface area contributed by atoms with Crippen molar-refractivity contribution < 1.29 is 14.6 Å². The minimum atomic E-state index is -0.747. The molecule has 2 unspecified atom stereocenters. The van der Waals surface area contributed by atoms with Gasteiger partial charge in [-0.05, 0) is 25.2 Å². The van der Waals surface area contributed by atoms with E-state index in [2.05, 4.69) is 19.9 Å². The smallest absolute Gasteiger partial charge is 0.314 e. The Hall–Kier alpha value is -1.09. The number of hydrogen-bond acceptors (Lipinski definition) is 2. The second kappa shape index (κ2) is 9.83. The maximum atomic E-state index is 12.0. The van der Waals surface area contributed by atoms with Crippen LogP contribution >= 0.6 is 0 Å². The van der Waals surface area contributed by atoms with E-state index < -0.39 is 11.4 Å². The molecule has 1 rings (SSSR count). The summed E-state index contributed by atoms with van der Waals surface area (Å²) in [7, 11) is 1.68. The maximum absolute atomic E-state index is 12.0. The highest BCUT2D eigenvalue weighted by Gasteiger charge is 2.43. The van der Waals surface area contributed by atoms with E-state index in [1.807, 2.05) is 12.2 Å². The molecule has 0 saturated heterocycles. The first-order chi connectivity index (χ1) is 10.6. The van der Waals surface area contributed by atoms with E-state index in [9.17, 15) is 9.90 Å². The van der Waals surface area contributed by atoms with Gasteiger partial charge < -0.3 is 9.84 Å². The van der Waals surface area contributed by atoms with Gasteiger partial charge in [0.1, 0.15) is 0 Å². The third-order valence-corrected chi connectivity index (χ3v) is 4.81. The minimum absolute atomic E-state index is 0.0380. The van der Waals surface area contributed by atoms with Gasteiger partial charge in [0.15, 0.2) is 0 Å². The van der Waals surface area contributed by atoms with E-state index in [0.717, 1.165) is 32.1 Å². The fourth-order valence-corrected chi connectivity index (χ4v) is 3.29. The van der Waals surface area contributed by atoms with E-state index in [0.29, 0.717) is 6.61 Å². The number of hydrogen-bond donors (Lipinski definition) is 1. The fourth-order valence-electron chi connectivity index (χ4n) is 3.29. The summed E-state index contributed by atoms with van der Waals surface area (Å²) in [6.07, 6.45) is 14.3. The Bertz CT molecular complexity index is 397. The van der Waals surface area contributed by atoms with Crippen LogP contribution in [0.2, 0.25) is 0 Å². The molecule has 126 valence electrons. The van der Waals surface area contributed by atoms with Gasteiger partial charge in [0.25, 0.3) is 0 Å². The van der Waals surface area contributed by atoms with Crippen molar-refractivity contribution >= 4 is 5.97 Å². The molecule has 0 aromatic carbocycles. The van der Waals surface area contributed by atoms with Gasteiger partial charge in [0, 0.05) is 13.7 Å². The third kappa shape index (κ3) is 4.98. The summed E-state index contributed by atoms with van der Waals surface area (Å²) in [6, 6.07) is 0. The summed E-state index contributed by atoms with van der Waals surface area (Å²) in [5, 5.41) is 9.90. The Balaban J connectivity index is 2.81. The first-order valence-electron chi connectivity index (χ1n) is 8.73. The second-order valence-electron chi connectivity index (χ2n) is 6.33. The molecule has 1 aliphatic rings. The average molecular weight is 308 g/mol. The summed E-state index contributed by atoms with van der Waals surface area (Å²) in [4.78, 5) is 12.0. The van der Waals surface area contributed by atoms with Crippen molar-refractivity contribution in [2.75, 3.05) is 13.7 Å². The Labute approximate surface area is 135 Å². The highest BCUT2D eigenvalue weighted by Crippen LogP contribution is 2.42. The lowest BCUT2D eigenvalue weighted by molar-refractivity contribution is -0.149. The van der Waals surface area contributed by atoms with Gasteiger partial charge in [0.05, 0.1) is 5.41 Å². The van der Waals surface area contributed by atoms with Crippen LogP contribution in [0.4, 0.5) is 0 Å². The lowest BCUT2D eigenvalue weighted by Crippen LogP contribution is -2.38. The van der Waals surface area contributed by atoms with Gasteiger partial charge in [-0.3, -0.25) is 4.79 Å². The monoisotopic (exact) mass is 308 g/mol. The van der Waals surface area contributed by atoms with Gasteiger partial charge >= 0.3 is 5.97 Å². The standard InChI is InChI=1S/C19H32O3/c1-4-6-7-8-9-12-19(18(20)21)13-10-16(5-2)15-17(19)11-14-22-3/h10,13,15,17H,4-9,11-12,14H2,1-3H3,(H,20,21). The molecular formula is C19H32O3. The molecule has 0 aromatic rings. The summed E-state index contributed by atoms with van der Waals surface area (Å²) in [5.74, 6) is -0.650. The van der Waals surface area contributed by atoms with Gasteiger partial charge in [-0.15, -0.1) is 0 Å². The molecule has 0 aliphatic heterocycles. The quantitative estimate of drug-likeness (QED) is 0.548. The molecule has 1 N–H and O–H groups in total. The van der Waals surface area contributed by atoms with Gasteiger partial charge in [-0.2, -0.15) is 0 Å². The fraction of sp³-hybridized carbons (Fsp3) is 0.737. The maximum Gasteiger partial charge on any atom is 0.314 e. The molecule has 22 heavy (non-hydrogen) atoms. The number of unbranched alkanes of at least 4 members (excludes halogenated alkanes) is 4. The lowest BCUT2D eigenvalue weighted by Gasteiger charge is -2.36. The second-order valence-corrected chi connectivity index (χ2v) is 6.33. The van der Waals surface area contributed by atoms with Crippen molar-refractivity contribution in [1.82, 2.24) is 0 Å². The van der Waals surface area contributed by atoms with Crippen LogP contribution in [-0.4, -0.2) is 24.8 Å². The van der Waals surface area contributed by atoms with Crippen molar-refractivity contribution in [3.63, 3.8) is 0 Å². The number of aliphatic carboxylic acids is 1. The van der Waals surface area contributed by atoms with Gasteiger partial charge in [-0.25, -0.2) is 0 Å². The van der Waals surface area contributed by atoms with Crippen LogP contribution in [0.25, 0.3) is 0 Å². The summed E-state index contributed by atoms with van der Waals surface area (Å²) in [5.41, 5.74) is 0.493. The van der Waals surface area contributed by atoms with Gasteiger partial charge in [-0.1, -0.05) is 69.8 Å². The van der Waals surface area contributed by atoms with E-state index in [1.54, 1.807) is 7.11 Å². The highest BCUT2D eigenvalue weighted by molar-refractivity contribution is 5.78. The minimum Gasteiger partial charge on any atom is -0.481 e. The Kier molecular flexibility index (Phi) is 8.47. The molecule has 0 heterocycles. The Morgan fingerprint density at radius 2 is 2.00 bits per heavy atom. The predicted octanol–water partition coefficient (Wildman–Crippen LogP) is 4.98. The van der Waals surface area contributed by atoms with Crippen LogP contribution in [0.5, 0.6) is 0 Å². The number of rotatable bonds is 11. The molecule has 0 radical (unpaired) electrons. The number of allylic oxidation sites excluding steroid dienone is 3. The molecule has 0 aromatic heterocycles. The number of carboxylic acids is 1. The first-order valence-corrected chi connectivity index (χ1v) is 8.73. The molecule has 1 aliphatic carbocycles. The van der Waals surface area contributed by atoms with Crippen LogP contribution in [0, 0.1) is 11.3 Å². The van der Waals surface area contributed by atoms with Crippen LogP contribution in [-0.2, 0) is 9.53 Å². The Morgan fingerprint density at radius 3 is 2.59 bits per heavy atom. The van der Waals surface area contributed by atoms with Crippen molar-refractivity contribution in [3.05, 3.63) is 23.8 Å². The van der Waals surface area contributed by atoms with Crippen LogP contribution in [0.3, 0.4) is 0 Å². The van der Waals surface area contributed by atoms with Crippen molar-refractivity contribution in [3.8, 4) is 0 Å². The van der Waals surface area contributed by atoms with Crippen LogP contribution < -0.4 is 0 Å². The summed E-state index contributed by atoms with van der Waals surface area (Å²) < 4.78 is 5.20. The highest BCUT2D eigenvalue weighted by atomic mass is 16.5. The van der Waals surface area contributed by atoms with Crippen molar-refractivity contribution in [2.45, 2.75) is 65.2 Å². The lowest BCUT2D eigenvalue weighted by atomic mass is 9.67. The normalized spacial score (nSPS) is 24.3. The van der Waals surface area contributed by atoms with Crippen molar-refractivity contribution in [2.24, 2.45) is 11.3 Å². The van der Waals surface area contributed by atoms with Gasteiger partial charge in [0.2, 0.25) is 0 Å². The number of carboxylic acid groups (broad SMARTS) is 1. The van der Waals surface area contributed by atoms with Crippen LogP contribution in [0.15, 0.2) is 23.8 Å². The van der Waals surface area contributed by atoms with Crippen LogP contribution in [0.1, 0.15) is 65.2 Å². The largest absolute Gasteiger partial charge is 0.481 e. The molecule has 3 heteroatoms. The topological polar surface area (TPSA) is 46.5 Å². The molecule has 0 bridgehead atoms. The number of carbonyl (C=O) groups is 1. The van der Waals surface area contributed by atoms with Crippen molar-refractivity contribution in [1.29, 1.82) is 0 Å². The average Bonchev–Trinajstić information content (AvgIpc) is 2.53. The molecule has 0 amide bonds. The van der Waals surface area contributed by atoms with E-state index >= 15 is 0 Å². The Morgan fingerprint density at radius 1 is 1.27 bits per heavy atom. The molecule has 2 atom stereocenters. The SMILES string of the molecule is CCCCCCCC1(C(=O)O)C=CC(CC)=CC1CCOC. The zero-order chi connectivity index (χ0) is 16.4. The number of ether oxygens (including phenoxy) is 1. The van der Waals surface area contributed by atoms with E-state index in [1.165, 1.54) is 24.8 Å². The first kappa shape index (κ1) is 19.0. The molecular weight excluding hydrogens is 276 g/mol. The van der Waals surface area contributed by atoms with E-state index in [4.69, 9.17) is 4.74 Å².